The quantitative estimate of drug-likeness (QED) is 0.868. The number of likely N-dealkylation sites (N-methyl/N-ethyl adjacent to an activating group) is 1. The summed E-state index contributed by atoms with van der Waals surface area (Å²) in [5.41, 5.74) is 0.368. The van der Waals surface area contributed by atoms with E-state index in [9.17, 15) is 0 Å². The Morgan fingerprint density at radius 2 is 1.75 bits per heavy atom. The molecule has 0 radical (unpaired) electrons. The fourth-order valence-corrected chi connectivity index (χ4v) is 4.62. The summed E-state index contributed by atoms with van der Waals surface area (Å²) in [7, 11) is 4.43. The van der Waals surface area contributed by atoms with Crippen molar-refractivity contribution in [3.05, 3.63) is 44.8 Å². The van der Waals surface area contributed by atoms with E-state index in [1.807, 2.05) is 22.7 Å². The number of hydrogen-bond donors (Lipinski definition) is 1. The molecule has 20 heavy (non-hydrogen) atoms. The molecule has 0 aromatic carbocycles. The van der Waals surface area contributed by atoms with E-state index in [4.69, 9.17) is 0 Å². The van der Waals surface area contributed by atoms with Gasteiger partial charge in [0.25, 0.3) is 0 Å². The van der Waals surface area contributed by atoms with Gasteiger partial charge in [-0.25, -0.2) is 0 Å². The fourth-order valence-electron chi connectivity index (χ4n) is 2.91. The minimum atomic E-state index is 0.354. The topological polar surface area (TPSA) is 15.3 Å². The third-order valence-corrected chi connectivity index (χ3v) is 6.40. The summed E-state index contributed by atoms with van der Waals surface area (Å²) in [5.74, 6) is 0. The Balaban J connectivity index is 1.75. The minimum absolute atomic E-state index is 0.354. The maximum absolute atomic E-state index is 3.83. The summed E-state index contributed by atoms with van der Waals surface area (Å²) in [6.45, 7) is 1.07. The van der Waals surface area contributed by atoms with Gasteiger partial charge in [0, 0.05) is 21.8 Å². The molecular formula is C16H22N2S2. The monoisotopic (exact) mass is 306 g/mol. The van der Waals surface area contributed by atoms with Gasteiger partial charge in [-0.15, -0.1) is 22.7 Å². The standard InChI is InChI=1S/C16H22N2S2/c1-18(2)16(8-5-9-16)12-17-15(13-6-3-10-19-13)14-7-4-11-20-14/h3-4,6-7,10-11,15,17H,5,8-9,12H2,1-2H3. The van der Waals surface area contributed by atoms with Crippen molar-refractivity contribution in [1.82, 2.24) is 10.2 Å². The van der Waals surface area contributed by atoms with Crippen molar-refractivity contribution in [3.8, 4) is 0 Å². The van der Waals surface area contributed by atoms with Gasteiger partial charge in [0.15, 0.2) is 0 Å². The highest BCUT2D eigenvalue weighted by atomic mass is 32.1. The third kappa shape index (κ3) is 2.70. The normalized spacial score (nSPS) is 17.6. The van der Waals surface area contributed by atoms with Gasteiger partial charge in [-0.2, -0.15) is 0 Å². The molecule has 0 aliphatic heterocycles. The molecule has 2 nitrogen and oxygen atoms in total. The van der Waals surface area contributed by atoms with Crippen LogP contribution in [-0.4, -0.2) is 31.1 Å². The van der Waals surface area contributed by atoms with Crippen molar-refractivity contribution in [2.75, 3.05) is 20.6 Å². The molecule has 1 aliphatic carbocycles. The Morgan fingerprint density at radius 3 is 2.10 bits per heavy atom. The summed E-state index contributed by atoms with van der Waals surface area (Å²) >= 11 is 3.69. The molecule has 2 aromatic heterocycles. The van der Waals surface area contributed by atoms with E-state index in [0.717, 1.165) is 6.54 Å². The molecule has 4 heteroatoms. The Hall–Kier alpha value is -0.680. The molecule has 0 unspecified atom stereocenters. The molecule has 1 aliphatic rings. The first kappa shape index (κ1) is 14.3. The summed E-state index contributed by atoms with van der Waals surface area (Å²) in [4.78, 5) is 5.24. The van der Waals surface area contributed by atoms with E-state index in [2.05, 4.69) is 59.3 Å². The van der Waals surface area contributed by atoms with Gasteiger partial charge in [-0.3, -0.25) is 0 Å². The highest BCUT2D eigenvalue weighted by molar-refractivity contribution is 7.11. The van der Waals surface area contributed by atoms with Gasteiger partial charge < -0.3 is 10.2 Å². The first-order chi connectivity index (χ1) is 9.71. The van der Waals surface area contributed by atoms with E-state index in [-0.39, 0.29) is 0 Å². The molecule has 2 aromatic rings. The lowest BCUT2D eigenvalue weighted by molar-refractivity contribution is 0.0584. The zero-order valence-corrected chi connectivity index (χ0v) is 13.8. The zero-order valence-electron chi connectivity index (χ0n) is 12.1. The van der Waals surface area contributed by atoms with Crippen LogP contribution < -0.4 is 5.32 Å². The van der Waals surface area contributed by atoms with Crippen molar-refractivity contribution in [1.29, 1.82) is 0 Å². The molecule has 0 bridgehead atoms. The van der Waals surface area contributed by atoms with Crippen LogP contribution in [0.1, 0.15) is 35.1 Å². The fraction of sp³-hybridized carbons (Fsp3) is 0.500. The smallest absolute Gasteiger partial charge is 0.0765 e. The van der Waals surface area contributed by atoms with Gasteiger partial charge in [-0.05, 0) is 56.3 Å². The zero-order chi connectivity index (χ0) is 14.0. The van der Waals surface area contributed by atoms with E-state index in [0.29, 0.717) is 11.6 Å². The maximum atomic E-state index is 3.83. The van der Waals surface area contributed by atoms with Crippen LogP contribution in [0.4, 0.5) is 0 Å². The van der Waals surface area contributed by atoms with Crippen LogP contribution in [0, 0.1) is 0 Å². The Morgan fingerprint density at radius 1 is 1.15 bits per heavy atom. The third-order valence-electron chi connectivity index (χ3n) is 4.52. The van der Waals surface area contributed by atoms with Crippen molar-refractivity contribution >= 4 is 22.7 Å². The SMILES string of the molecule is CN(C)C1(CNC(c2cccs2)c2cccs2)CCC1. The van der Waals surface area contributed by atoms with Crippen molar-refractivity contribution < 1.29 is 0 Å². The molecule has 0 saturated heterocycles. The molecule has 0 amide bonds. The number of hydrogen-bond acceptors (Lipinski definition) is 4. The first-order valence-corrected chi connectivity index (χ1v) is 8.95. The lowest BCUT2D eigenvalue weighted by Crippen LogP contribution is -2.56. The molecule has 1 saturated carbocycles. The summed E-state index contributed by atoms with van der Waals surface area (Å²) in [6.07, 6.45) is 3.99. The van der Waals surface area contributed by atoms with Crippen LogP contribution in [0.25, 0.3) is 0 Å². The van der Waals surface area contributed by atoms with Crippen LogP contribution in [0.3, 0.4) is 0 Å². The first-order valence-electron chi connectivity index (χ1n) is 7.19. The molecule has 108 valence electrons. The number of nitrogens with zero attached hydrogens (tertiary/aromatic N) is 1. The predicted octanol–water partition coefficient (Wildman–Crippen LogP) is 3.97. The highest BCUT2D eigenvalue weighted by Gasteiger charge is 2.39. The Kier molecular flexibility index (Phi) is 4.26. The molecule has 1 N–H and O–H groups in total. The lowest BCUT2D eigenvalue weighted by atomic mass is 9.75. The predicted molar refractivity (Wildman–Crippen MR) is 88.8 cm³/mol. The van der Waals surface area contributed by atoms with Gasteiger partial charge in [0.1, 0.15) is 0 Å². The van der Waals surface area contributed by atoms with E-state index >= 15 is 0 Å². The van der Waals surface area contributed by atoms with Crippen LogP contribution in [0.5, 0.6) is 0 Å². The largest absolute Gasteiger partial charge is 0.303 e. The molecule has 0 atom stereocenters. The van der Waals surface area contributed by atoms with Gasteiger partial charge in [-0.1, -0.05) is 12.1 Å². The van der Waals surface area contributed by atoms with E-state index < -0.39 is 0 Å². The van der Waals surface area contributed by atoms with Gasteiger partial charge in [0.2, 0.25) is 0 Å². The summed E-state index contributed by atoms with van der Waals surface area (Å²) in [5, 5.41) is 8.17. The van der Waals surface area contributed by atoms with Gasteiger partial charge in [0.05, 0.1) is 6.04 Å². The highest BCUT2D eigenvalue weighted by Crippen LogP contribution is 2.37. The Labute approximate surface area is 129 Å². The maximum Gasteiger partial charge on any atom is 0.0765 e. The molecule has 0 spiro atoms. The Bertz CT molecular complexity index is 478. The molecule has 2 heterocycles. The number of nitrogens with one attached hydrogen (secondary N) is 1. The summed E-state index contributed by atoms with van der Waals surface area (Å²) < 4.78 is 0. The van der Waals surface area contributed by atoms with Crippen LogP contribution in [0.15, 0.2) is 35.0 Å². The lowest BCUT2D eigenvalue weighted by Gasteiger charge is -2.48. The van der Waals surface area contributed by atoms with E-state index in [1.54, 1.807) is 0 Å². The molecular weight excluding hydrogens is 284 g/mol. The molecule has 1 fully saturated rings. The number of thiophene rings is 2. The van der Waals surface area contributed by atoms with Gasteiger partial charge >= 0.3 is 0 Å². The number of rotatable bonds is 6. The minimum Gasteiger partial charge on any atom is -0.303 e. The average molecular weight is 307 g/mol. The van der Waals surface area contributed by atoms with Crippen molar-refractivity contribution in [2.24, 2.45) is 0 Å². The van der Waals surface area contributed by atoms with E-state index in [1.165, 1.54) is 29.0 Å². The second-order valence-corrected chi connectivity index (χ2v) is 7.78. The van der Waals surface area contributed by atoms with Crippen molar-refractivity contribution in [2.45, 2.75) is 30.8 Å². The van der Waals surface area contributed by atoms with Crippen LogP contribution in [0.2, 0.25) is 0 Å². The second kappa shape index (κ2) is 5.98. The average Bonchev–Trinajstić information content (AvgIpc) is 3.05. The van der Waals surface area contributed by atoms with Crippen molar-refractivity contribution in [3.63, 3.8) is 0 Å². The van der Waals surface area contributed by atoms with Crippen LogP contribution in [-0.2, 0) is 0 Å². The van der Waals surface area contributed by atoms with Crippen LogP contribution >= 0.6 is 22.7 Å². The molecule has 3 rings (SSSR count). The second-order valence-electron chi connectivity index (χ2n) is 5.82. The summed E-state index contributed by atoms with van der Waals surface area (Å²) in [6, 6.07) is 9.13.